The number of rotatable bonds is 12. The third kappa shape index (κ3) is 21.7. The molecule has 0 aromatic heterocycles. The Morgan fingerprint density at radius 3 is 1.74 bits per heavy atom. The van der Waals surface area contributed by atoms with Gasteiger partial charge in [0.1, 0.15) is 47.8 Å². The van der Waals surface area contributed by atoms with E-state index in [1.165, 1.54) is 83.6 Å². The van der Waals surface area contributed by atoms with Crippen LogP contribution >= 0.6 is 11.6 Å². The highest BCUT2D eigenvalue weighted by molar-refractivity contribution is 6.21. The number of nitrogens with zero attached hydrogens (tertiary/aromatic N) is 9. The van der Waals surface area contributed by atoms with E-state index in [1.54, 1.807) is 4.90 Å². The van der Waals surface area contributed by atoms with E-state index in [0.717, 1.165) is 62.7 Å². The minimum Gasteiger partial charge on any atom is -0.343 e. The highest BCUT2D eigenvalue weighted by Crippen LogP contribution is 2.44. The van der Waals surface area contributed by atoms with Crippen LogP contribution in [0, 0.1) is 35.5 Å². The molecule has 28 heteroatoms. The number of likely N-dealkylation sites (tertiary alicyclic amines) is 1. The Morgan fingerprint density at radius 1 is 0.539 bits per heavy atom. The average molecular weight is 1460 g/mol. The molecule has 3 N–H and O–H groups in total. The second kappa shape index (κ2) is 37.6. The topological polar surface area (TPSA) is 270 Å². The second-order valence-corrected chi connectivity index (χ2v) is 32.5. The van der Waals surface area contributed by atoms with Gasteiger partial charge in [-0.2, -0.15) is 13.2 Å². The molecule has 4 saturated carbocycles. The molecule has 576 valence electrons. The molecule has 0 radical (unpaired) electrons. The minimum absolute atomic E-state index is 0.00329. The molecule has 10 atom stereocenters. The maximum absolute atomic E-state index is 15.8. The highest BCUT2D eigenvalue weighted by Gasteiger charge is 2.52. The predicted molar refractivity (Wildman–Crippen MR) is 379 cm³/mol. The molecule has 7 rings (SSSR count). The molecular formula is C74H120ClF3N12O12. The van der Waals surface area contributed by atoms with Gasteiger partial charge in [0.2, 0.25) is 70.9 Å². The normalized spacial score (nSPS) is 29.5. The minimum atomic E-state index is -4.51. The summed E-state index contributed by atoms with van der Waals surface area (Å²) in [5, 5.41) is 7.66. The number of fused-ring (bicyclic) bond motifs is 1. The molecule has 102 heavy (non-hydrogen) atoms. The van der Waals surface area contributed by atoms with Crippen molar-refractivity contribution in [3.63, 3.8) is 0 Å². The van der Waals surface area contributed by atoms with Crippen molar-refractivity contribution in [2.24, 2.45) is 35.5 Å². The van der Waals surface area contributed by atoms with Crippen LogP contribution in [0.25, 0.3) is 0 Å². The standard InChI is InChI=1S/C74H120ClF3N12O12/c1-47(2)29-33-54-67(97)84(7)45-62(93)82(5)46-63(94)86(9)58(42-49-24-15-12-16-25-49)69(99)83(6)44-60(91)79-55(34-31-50-30-32-52(53(75)41-50)74(76,77)78)68(98)90-39-23-28-56(90)66(96)81-73(35-19-20-36-73)72(102)88(11)64(51-26-17-13-18-27-51)71(101)87(10)59(70(100)89-37-21-14-22-38-89)43-61(92)85(8)57(40-48(3)4)65(95)80-54/h47-59,64H,12-46H2,1-11H3,(H,79,91)(H,80,95)(H,81,96)/t50?,52?,53?,54-,55-,56-,57-,58-,59-,64-/m0/s1. The quantitative estimate of drug-likeness (QED) is 0.169. The lowest BCUT2D eigenvalue weighted by molar-refractivity contribution is -0.182. The van der Waals surface area contributed by atoms with E-state index in [9.17, 15) is 41.9 Å². The number of amides is 12. The fourth-order valence-corrected chi connectivity index (χ4v) is 17.5. The Bertz CT molecular complexity index is 2940. The summed E-state index contributed by atoms with van der Waals surface area (Å²) in [6.07, 6.45) is 8.23. The molecule has 24 nitrogen and oxygen atoms in total. The summed E-state index contributed by atoms with van der Waals surface area (Å²) in [6.45, 7) is 6.92. The molecule has 4 aliphatic carbocycles. The molecule has 0 aromatic rings. The van der Waals surface area contributed by atoms with Crippen LogP contribution in [0.3, 0.4) is 0 Å². The van der Waals surface area contributed by atoms with Crippen molar-refractivity contribution in [2.45, 2.75) is 273 Å². The Labute approximate surface area is 608 Å². The van der Waals surface area contributed by atoms with Crippen LogP contribution in [0.1, 0.15) is 214 Å². The summed E-state index contributed by atoms with van der Waals surface area (Å²) in [7, 11) is 10.1. The van der Waals surface area contributed by atoms with E-state index in [-0.39, 0.29) is 101 Å². The van der Waals surface area contributed by atoms with E-state index >= 15 is 28.8 Å². The first-order valence-corrected chi connectivity index (χ1v) is 38.6. The summed E-state index contributed by atoms with van der Waals surface area (Å²) in [5.74, 6) is -9.87. The summed E-state index contributed by atoms with van der Waals surface area (Å²) in [4.78, 5) is 192. The second-order valence-electron chi connectivity index (χ2n) is 31.9. The SMILES string of the molecule is CC(C)CC[C@@H]1NC(=O)[C@H](CC(C)C)N(C)C(=O)C[C@@H](C(=O)N2CCCCC2)N(C)C(=O)[C@H](C2CCCCC2)N(C)C(=O)C2(CCCC2)NC(=O)[C@@H]2CCCN2C(=O)[C@H](CCC2CCC(C(F)(F)F)C(Cl)C2)NC(=O)CN(C)C(=O)[C@H](CC2CCCCC2)N(C)C(=O)CN(C)C(=O)CN(C)C1=O. The van der Waals surface area contributed by atoms with Crippen LogP contribution < -0.4 is 16.0 Å². The first-order valence-electron chi connectivity index (χ1n) is 38.1. The van der Waals surface area contributed by atoms with E-state index in [0.29, 0.717) is 64.5 Å². The van der Waals surface area contributed by atoms with Gasteiger partial charge in [0.05, 0.1) is 32.0 Å². The van der Waals surface area contributed by atoms with Crippen LogP contribution in [0.15, 0.2) is 0 Å². The Kier molecular flexibility index (Phi) is 30.6. The Hall–Kier alpha value is -6.28. The fourth-order valence-electron chi connectivity index (χ4n) is 16.9. The van der Waals surface area contributed by atoms with Crippen molar-refractivity contribution >= 4 is 82.5 Å². The third-order valence-electron chi connectivity index (χ3n) is 23.3. The van der Waals surface area contributed by atoms with E-state index in [4.69, 9.17) is 11.6 Å². The number of carbonyl (C=O) groups excluding carboxylic acids is 12. The van der Waals surface area contributed by atoms with Crippen LogP contribution in [0.5, 0.6) is 0 Å². The lowest BCUT2D eigenvalue weighted by Crippen LogP contribution is -2.65. The van der Waals surface area contributed by atoms with Gasteiger partial charge in [0.15, 0.2) is 0 Å². The molecule has 1 spiro atoms. The number of alkyl halides is 4. The van der Waals surface area contributed by atoms with Gasteiger partial charge in [0, 0.05) is 74.3 Å². The Morgan fingerprint density at radius 2 is 1.13 bits per heavy atom. The van der Waals surface area contributed by atoms with Crippen molar-refractivity contribution < 1.29 is 70.7 Å². The number of piperidine rings is 1. The van der Waals surface area contributed by atoms with Crippen LogP contribution in [-0.4, -0.2) is 263 Å². The van der Waals surface area contributed by atoms with Crippen molar-refractivity contribution in [3.05, 3.63) is 0 Å². The van der Waals surface area contributed by atoms with Crippen molar-refractivity contribution in [1.29, 1.82) is 0 Å². The predicted octanol–water partition coefficient (Wildman–Crippen LogP) is 6.87. The van der Waals surface area contributed by atoms with Crippen LogP contribution in [-0.2, 0) is 57.5 Å². The zero-order valence-corrected chi connectivity index (χ0v) is 63.5. The van der Waals surface area contributed by atoms with Crippen LogP contribution in [0.2, 0.25) is 0 Å². The average Bonchev–Trinajstić information content (AvgIpc) is 1.54. The first-order chi connectivity index (χ1) is 48.1. The fraction of sp³-hybridized carbons (Fsp3) is 0.838. The van der Waals surface area contributed by atoms with Crippen molar-refractivity contribution in [2.75, 3.05) is 88.6 Å². The summed E-state index contributed by atoms with van der Waals surface area (Å²) in [6, 6.07) is -8.48. The van der Waals surface area contributed by atoms with Gasteiger partial charge in [-0.3, -0.25) is 57.5 Å². The largest absolute Gasteiger partial charge is 0.393 e. The van der Waals surface area contributed by atoms with Crippen molar-refractivity contribution in [1.82, 2.24) is 60.0 Å². The van der Waals surface area contributed by atoms with Gasteiger partial charge in [-0.25, -0.2) is 0 Å². The molecule has 7 aliphatic rings. The third-order valence-corrected chi connectivity index (χ3v) is 23.8. The number of hydrogen-bond donors (Lipinski definition) is 3. The molecule has 0 bridgehead atoms. The molecule has 3 heterocycles. The van der Waals surface area contributed by atoms with Gasteiger partial charge in [-0.15, -0.1) is 11.6 Å². The molecular weight excluding hydrogens is 1340 g/mol. The van der Waals surface area contributed by atoms with E-state index < -0.39 is 168 Å². The zero-order valence-electron chi connectivity index (χ0n) is 62.8. The molecule has 12 amide bonds. The van der Waals surface area contributed by atoms with Gasteiger partial charge in [0.25, 0.3) is 0 Å². The molecule has 3 aliphatic heterocycles. The number of carbonyl (C=O) groups is 12. The number of halogens is 4. The molecule has 3 saturated heterocycles. The summed E-state index contributed by atoms with van der Waals surface area (Å²) >= 11 is 6.42. The van der Waals surface area contributed by atoms with Gasteiger partial charge in [-0.05, 0) is 145 Å². The van der Waals surface area contributed by atoms with E-state index in [1.807, 2.05) is 27.7 Å². The first kappa shape index (κ1) is 83.0. The number of hydrogen-bond acceptors (Lipinski definition) is 12. The maximum Gasteiger partial charge on any atom is 0.393 e. The number of likely N-dealkylation sites (N-methyl/N-ethyl adjacent to an activating group) is 7. The Balaban J connectivity index is 1.28. The smallest absolute Gasteiger partial charge is 0.343 e. The van der Waals surface area contributed by atoms with Gasteiger partial charge >= 0.3 is 6.18 Å². The summed E-state index contributed by atoms with van der Waals surface area (Å²) in [5.41, 5.74) is -1.55. The van der Waals surface area contributed by atoms with E-state index in [2.05, 4.69) is 16.0 Å². The maximum atomic E-state index is 15.8. The monoisotopic (exact) mass is 1460 g/mol. The number of nitrogens with one attached hydrogen (secondary N) is 3. The summed E-state index contributed by atoms with van der Waals surface area (Å²) < 4.78 is 42.1. The lowest BCUT2D eigenvalue weighted by Gasteiger charge is -2.43. The van der Waals surface area contributed by atoms with Crippen molar-refractivity contribution in [3.8, 4) is 0 Å². The van der Waals surface area contributed by atoms with Crippen LogP contribution in [0.4, 0.5) is 13.2 Å². The van der Waals surface area contributed by atoms with Gasteiger partial charge in [-0.1, -0.05) is 91.9 Å². The molecule has 0 aromatic carbocycles. The zero-order chi connectivity index (χ0) is 75.1. The molecule has 3 unspecified atom stereocenters. The van der Waals surface area contributed by atoms with Gasteiger partial charge < -0.3 is 60.0 Å². The lowest BCUT2D eigenvalue weighted by atomic mass is 9.78. The molecule has 7 fully saturated rings. The highest BCUT2D eigenvalue weighted by atomic mass is 35.5.